The summed E-state index contributed by atoms with van der Waals surface area (Å²) in [4.78, 5) is 10.2. The first-order chi connectivity index (χ1) is 3.31. The maximum atomic E-state index is 10.2. The van der Waals surface area contributed by atoms with Crippen LogP contribution in [-0.4, -0.2) is 31.9 Å². The fraction of sp³-hybridized carbons (Fsp3) is 0.800. The van der Waals surface area contributed by atoms with Crippen LogP contribution < -0.4 is 0 Å². The largest absolute Gasteiger partial charge is 0.469 e. The van der Waals surface area contributed by atoms with Crippen molar-refractivity contribution in [2.75, 3.05) is 7.11 Å². The van der Waals surface area contributed by atoms with Crippen molar-refractivity contribution in [3.05, 3.63) is 0 Å². The Morgan fingerprint density at radius 3 is 2.25 bits per heavy atom. The van der Waals surface area contributed by atoms with Gasteiger partial charge in [-0.1, -0.05) is 6.92 Å². The molecule has 0 amide bonds. The molecule has 0 aliphatic rings. The standard InChI is InChI=1S/C5H10O2.Li/c1-3-4-5(6)7-2;/h3-4H2,1-2H3;. The van der Waals surface area contributed by atoms with E-state index in [4.69, 9.17) is 0 Å². The van der Waals surface area contributed by atoms with Crippen LogP contribution in [0.3, 0.4) is 0 Å². The van der Waals surface area contributed by atoms with Crippen LogP contribution in [0.5, 0.6) is 0 Å². The zero-order valence-corrected chi connectivity index (χ0v) is 5.73. The van der Waals surface area contributed by atoms with Crippen LogP contribution in [0.2, 0.25) is 0 Å². The molecule has 0 atom stereocenters. The summed E-state index contributed by atoms with van der Waals surface area (Å²) in [5.41, 5.74) is 0. The predicted molar refractivity (Wildman–Crippen MR) is 32.7 cm³/mol. The van der Waals surface area contributed by atoms with Crippen LogP contribution in [-0.2, 0) is 9.53 Å². The summed E-state index contributed by atoms with van der Waals surface area (Å²) in [5, 5.41) is 0. The number of esters is 1. The molecule has 0 saturated heterocycles. The van der Waals surface area contributed by atoms with Gasteiger partial charge in [0.05, 0.1) is 7.11 Å². The van der Waals surface area contributed by atoms with Crippen molar-refractivity contribution in [1.29, 1.82) is 0 Å². The van der Waals surface area contributed by atoms with Crippen LogP contribution in [0.25, 0.3) is 0 Å². The van der Waals surface area contributed by atoms with Crippen molar-refractivity contribution in [2.24, 2.45) is 0 Å². The topological polar surface area (TPSA) is 26.3 Å². The summed E-state index contributed by atoms with van der Waals surface area (Å²) in [6.07, 6.45) is 1.41. The molecule has 43 valence electrons. The Morgan fingerprint density at radius 2 is 2.12 bits per heavy atom. The first-order valence-corrected chi connectivity index (χ1v) is 2.38. The SMILES string of the molecule is CCCC(=O)OC.[Li]. The monoisotopic (exact) mass is 109 g/mol. The predicted octanol–water partition coefficient (Wildman–Crippen LogP) is 0.579. The third-order valence-corrected chi connectivity index (χ3v) is 0.682. The van der Waals surface area contributed by atoms with E-state index in [0.717, 1.165) is 6.42 Å². The molecule has 0 aromatic heterocycles. The van der Waals surface area contributed by atoms with E-state index in [-0.39, 0.29) is 24.8 Å². The van der Waals surface area contributed by atoms with Gasteiger partial charge in [-0.05, 0) is 6.42 Å². The van der Waals surface area contributed by atoms with Crippen molar-refractivity contribution < 1.29 is 9.53 Å². The van der Waals surface area contributed by atoms with Crippen LogP contribution >= 0.6 is 0 Å². The molecule has 2 nitrogen and oxygen atoms in total. The van der Waals surface area contributed by atoms with Crippen molar-refractivity contribution in [1.82, 2.24) is 0 Å². The third-order valence-electron chi connectivity index (χ3n) is 0.682. The van der Waals surface area contributed by atoms with Crippen LogP contribution in [0, 0.1) is 0 Å². The van der Waals surface area contributed by atoms with E-state index in [1.165, 1.54) is 7.11 Å². The Kier molecular flexibility index (Phi) is 9.67. The molecule has 0 aromatic carbocycles. The van der Waals surface area contributed by atoms with Gasteiger partial charge in [0.15, 0.2) is 0 Å². The van der Waals surface area contributed by atoms with Crippen molar-refractivity contribution >= 4 is 24.8 Å². The van der Waals surface area contributed by atoms with Crippen LogP contribution in [0.15, 0.2) is 0 Å². The number of hydrogen-bond acceptors (Lipinski definition) is 2. The van der Waals surface area contributed by atoms with Gasteiger partial charge in [-0.25, -0.2) is 0 Å². The summed E-state index contributed by atoms with van der Waals surface area (Å²) in [7, 11) is 1.40. The average molecular weight is 109 g/mol. The Morgan fingerprint density at radius 1 is 1.62 bits per heavy atom. The minimum Gasteiger partial charge on any atom is -0.469 e. The van der Waals surface area contributed by atoms with E-state index in [0.29, 0.717) is 6.42 Å². The molecule has 3 heteroatoms. The van der Waals surface area contributed by atoms with E-state index >= 15 is 0 Å². The fourth-order valence-corrected chi connectivity index (χ4v) is 0.306. The van der Waals surface area contributed by atoms with Gasteiger partial charge in [-0.2, -0.15) is 0 Å². The van der Waals surface area contributed by atoms with Gasteiger partial charge in [0.2, 0.25) is 0 Å². The van der Waals surface area contributed by atoms with E-state index in [1.807, 2.05) is 6.92 Å². The number of ether oxygens (including phenoxy) is 1. The molecule has 0 heterocycles. The molecule has 0 fully saturated rings. The Labute approximate surface area is 61.8 Å². The molecule has 0 aromatic rings. The second kappa shape index (κ2) is 7.07. The van der Waals surface area contributed by atoms with Crippen LogP contribution in [0.1, 0.15) is 19.8 Å². The number of hydrogen-bond donors (Lipinski definition) is 0. The van der Waals surface area contributed by atoms with E-state index in [1.54, 1.807) is 0 Å². The van der Waals surface area contributed by atoms with Gasteiger partial charge < -0.3 is 4.74 Å². The quantitative estimate of drug-likeness (QED) is 0.383. The van der Waals surface area contributed by atoms with Gasteiger partial charge >= 0.3 is 5.97 Å². The van der Waals surface area contributed by atoms with Crippen LogP contribution in [0.4, 0.5) is 0 Å². The molecular formula is C5H10LiO2. The second-order valence-corrected chi connectivity index (χ2v) is 1.33. The van der Waals surface area contributed by atoms with Gasteiger partial charge in [0.25, 0.3) is 0 Å². The zero-order chi connectivity index (χ0) is 5.70. The summed E-state index contributed by atoms with van der Waals surface area (Å²) >= 11 is 0. The van der Waals surface area contributed by atoms with E-state index in [9.17, 15) is 4.79 Å². The minimum absolute atomic E-state index is 0. The molecule has 1 radical (unpaired) electrons. The molecule has 0 aliphatic heterocycles. The Hall–Kier alpha value is 0.0674. The third kappa shape index (κ3) is 6.07. The summed E-state index contributed by atoms with van der Waals surface area (Å²) in [6, 6.07) is 0. The molecule has 0 unspecified atom stereocenters. The number of methoxy groups -OCH3 is 1. The second-order valence-electron chi connectivity index (χ2n) is 1.33. The minimum atomic E-state index is -0.123. The van der Waals surface area contributed by atoms with E-state index in [2.05, 4.69) is 4.74 Å². The molecule has 0 bridgehead atoms. The first kappa shape index (κ1) is 10.9. The average Bonchev–Trinajstić information content (AvgIpc) is 1.68. The fourth-order valence-electron chi connectivity index (χ4n) is 0.306. The molecule has 0 aliphatic carbocycles. The normalized spacial score (nSPS) is 7.25. The summed E-state index contributed by atoms with van der Waals surface area (Å²) in [5.74, 6) is -0.123. The molecule has 8 heavy (non-hydrogen) atoms. The van der Waals surface area contributed by atoms with Crippen molar-refractivity contribution in [2.45, 2.75) is 19.8 Å². The van der Waals surface area contributed by atoms with Crippen molar-refractivity contribution in [3.63, 3.8) is 0 Å². The van der Waals surface area contributed by atoms with Gasteiger partial charge in [-0.15, -0.1) is 0 Å². The molecule has 0 saturated carbocycles. The maximum absolute atomic E-state index is 10.2. The smallest absolute Gasteiger partial charge is 0.305 e. The van der Waals surface area contributed by atoms with Gasteiger partial charge in [0, 0.05) is 25.3 Å². The Balaban J connectivity index is 0. The number of rotatable bonds is 2. The molecular weight excluding hydrogens is 99.0 g/mol. The number of carbonyl (C=O) groups excluding carboxylic acids is 1. The number of carbonyl (C=O) groups is 1. The summed E-state index contributed by atoms with van der Waals surface area (Å²) in [6.45, 7) is 1.94. The molecule has 0 spiro atoms. The Bertz CT molecular complexity index is 63.4. The summed E-state index contributed by atoms with van der Waals surface area (Å²) < 4.78 is 4.35. The van der Waals surface area contributed by atoms with Gasteiger partial charge in [-0.3, -0.25) is 4.79 Å². The molecule has 0 N–H and O–H groups in total. The van der Waals surface area contributed by atoms with E-state index < -0.39 is 0 Å². The first-order valence-electron chi connectivity index (χ1n) is 2.38. The van der Waals surface area contributed by atoms with Crippen molar-refractivity contribution in [3.8, 4) is 0 Å². The zero-order valence-electron chi connectivity index (χ0n) is 5.73. The molecule has 0 rings (SSSR count). The maximum Gasteiger partial charge on any atom is 0.305 e. The van der Waals surface area contributed by atoms with Gasteiger partial charge in [0.1, 0.15) is 0 Å².